The molecule has 0 heterocycles. The first kappa shape index (κ1) is 15.2. The predicted molar refractivity (Wildman–Crippen MR) is 80.2 cm³/mol. The Bertz CT molecular complexity index is 337. The highest BCUT2D eigenvalue weighted by molar-refractivity contribution is 14.0. The van der Waals surface area contributed by atoms with Crippen LogP contribution in [0.25, 0.3) is 0 Å². The molecule has 0 bridgehead atoms. The van der Waals surface area contributed by atoms with Crippen LogP contribution in [-0.2, 0) is 6.54 Å². The number of hydrogen-bond acceptors (Lipinski definition) is 1. The molecule has 0 amide bonds. The van der Waals surface area contributed by atoms with Crippen molar-refractivity contribution in [1.29, 1.82) is 0 Å². The van der Waals surface area contributed by atoms with Gasteiger partial charge >= 0.3 is 0 Å². The van der Waals surface area contributed by atoms with Gasteiger partial charge in [0.1, 0.15) is 0 Å². The molecule has 3 nitrogen and oxygen atoms in total. The highest BCUT2D eigenvalue weighted by Crippen LogP contribution is 2.04. The van der Waals surface area contributed by atoms with E-state index in [0.29, 0.717) is 12.5 Å². The lowest BCUT2D eigenvalue weighted by Gasteiger charge is -2.03. The van der Waals surface area contributed by atoms with Crippen molar-refractivity contribution in [3.05, 3.63) is 35.4 Å². The third kappa shape index (κ3) is 5.95. The van der Waals surface area contributed by atoms with Crippen molar-refractivity contribution in [2.45, 2.75) is 26.8 Å². The van der Waals surface area contributed by atoms with Gasteiger partial charge in [0.25, 0.3) is 0 Å². The third-order valence-electron chi connectivity index (χ3n) is 2.07. The van der Waals surface area contributed by atoms with Crippen LogP contribution >= 0.6 is 24.0 Å². The molecule has 1 aromatic rings. The van der Waals surface area contributed by atoms with Crippen molar-refractivity contribution in [2.24, 2.45) is 10.7 Å². The van der Waals surface area contributed by atoms with Gasteiger partial charge in [-0.1, -0.05) is 36.8 Å². The van der Waals surface area contributed by atoms with Crippen LogP contribution < -0.4 is 11.1 Å². The summed E-state index contributed by atoms with van der Waals surface area (Å²) in [5, 5.41) is 3.04. The number of aryl methyl sites for hydroxylation is 1. The van der Waals surface area contributed by atoms with E-state index in [1.54, 1.807) is 0 Å². The Balaban J connectivity index is 0.00000225. The van der Waals surface area contributed by atoms with E-state index >= 15 is 0 Å². The molecule has 16 heavy (non-hydrogen) atoms. The normalized spacial score (nSPS) is 10.8. The van der Waals surface area contributed by atoms with Crippen molar-refractivity contribution in [3.63, 3.8) is 0 Å². The molecule has 0 radical (unpaired) electrons. The average molecular weight is 333 g/mol. The number of aliphatic imine (C=N–C) groups is 1. The molecule has 0 saturated carbocycles. The molecule has 4 heteroatoms. The number of hydrogen-bond donors (Lipinski definition) is 2. The summed E-state index contributed by atoms with van der Waals surface area (Å²) in [6.45, 7) is 5.69. The Hall–Kier alpha value is -0.780. The van der Waals surface area contributed by atoms with E-state index in [-0.39, 0.29) is 24.0 Å². The molecule has 1 rings (SSSR count). The number of guanidine groups is 1. The standard InChI is InChI=1S/C12H19N3.HI/c1-3-7-14-12(13)15-9-11-6-4-5-10(2)8-11;/h4-6,8H,3,7,9H2,1-2H3,(H3,13,14,15);1H. The van der Waals surface area contributed by atoms with Crippen LogP contribution in [0.3, 0.4) is 0 Å². The first-order valence-corrected chi connectivity index (χ1v) is 5.31. The second-order valence-electron chi connectivity index (χ2n) is 3.62. The van der Waals surface area contributed by atoms with Gasteiger partial charge in [-0.3, -0.25) is 0 Å². The topological polar surface area (TPSA) is 50.4 Å². The maximum Gasteiger partial charge on any atom is 0.188 e. The fourth-order valence-electron chi connectivity index (χ4n) is 1.30. The zero-order chi connectivity index (χ0) is 11.1. The van der Waals surface area contributed by atoms with E-state index in [1.165, 1.54) is 11.1 Å². The van der Waals surface area contributed by atoms with E-state index in [2.05, 4.69) is 42.4 Å². The number of nitrogens with one attached hydrogen (secondary N) is 1. The first-order chi connectivity index (χ1) is 7.22. The Morgan fingerprint density at radius 3 is 2.81 bits per heavy atom. The van der Waals surface area contributed by atoms with Crippen LogP contribution in [0.2, 0.25) is 0 Å². The van der Waals surface area contributed by atoms with E-state index in [4.69, 9.17) is 5.73 Å². The Morgan fingerprint density at radius 1 is 1.44 bits per heavy atom. The number of nitrogens with two attached hydrogens (primary N) is 1. The highest BCUT2D eigenvalue weighted by Gasteiger charge is 1.93. The van der Waals surface area contributed by atoms with Crippen LogP contribution in [0.15, 0.2) is 29.3 Å². The third-order valence-corrected chi connectivity index (χ3v) is 2.07. The number of halogens is 1. The van der Waals surface area contributed by atoms with Gasteiger partial charge in [-0.25, -0.2) is 4.99 Å². The van der Waals surface area contributed by atoms with E-state index in [1.807, 2.05) is 6.07 Å². The van der Waals surface area contributed by atoms with Gasteiger partial charge in [-0.2, -0.15) is 0 Å². The molecule has 90 valence electrons. The monoisotopic (exact) mass is 333 g/mol. The quantitative estimate of drug-likeness (QED) is 0.505. The number of benzene rings is 1. The summed E-state index contributed by atoms with van der Waals surface area (Å²) in [6, 6.07) is 8.29. The number of nitrogens with zero attached hydrogens (tertiary/aromatic N) is 1. The predicted octanol–water partition coefficient (Wildman–Crippen LogP) is 2.43. The summed E-state index contributed by atoms with van der Waals surface area (Å²) in [7, 11) is 0. The average Bonchev–Trinajstić information content (AvgIpc) is 2.23. The highest BCUT2D eigenvalue weighted by atomic mass is 127. The molecular weight excluding hydrogens is 313 g/mol. The van der Waals surface area contributed by atoms with Crippen molar-refractivity contribution in [3.8, 4) is 0 Å². The van der Waals surface area contributed by atoms with Crippen molar-refractivity contribution >= 4 is 29.9 Å². The molecule has 0 aliphatic heterocycles. The molecule has 0 atom stereocenters. The summed E-state index contributed by atoms with van der Waals surface area (Å²) in [4.78, 5) is 4.26. The molecule has 0 aliphatic rings. The van der Waals surface area contributed by atoms with Gasteiger partial charge in [0.2, 0.25) is 0 Å². The zero-order valence-electron chi connectivity index (χ0n) is 9.86. The summed E-state index contributed by atoms with van der Waals surface area (Å²) in [5.74, 6) is 0.526. The van der Waals surface area contributed by atoms with E-state index in [0.717, 1.165) is 13.0 Å². The first-order valence-electron chi connectivity index (χ1n) is 5.31. The molecular formula is C12H20IN3. The maximum absolute atomic E-state index is 5.68. The van der Waals surface area contributed by atoms with Gasteiger partial charge in [0, 0.05) is 6.54 Å². The fraction of sp³-hybridized carbons (Fsp3) is 0.417. The van der Waals surface area contributed by atoms with E-state index < -0.39 is 0 Å². The second kappa shape index (κ2) is 8.38. The Morgan fingerprint density at radius 2 is 2.19 bits per heavy atom. The van der Waals surface area contributed by atoms with Crippen LogP contribution in [0.4, 0.5) is 0 Å². The Labute approximate surface area is 115 Å². The van der Waals surface area contributed by atoms with Gasteiger partial charge in [0.05, 0.1) is 6.54 Å². The van der Waals surface area contributed by atoms with Crippen LogP contribution in [-0.4, -0.2) is 12.5 Å². The smallest absolute Gasteiger partial charge is 0.188 e. The van der Waals surface area contributed by atoms with Crippen molar-refractivity contribution in [1.82, 2.24) is 5.32 Å². The molecule has 0 spiro atoms. The minimum absolute atomic E-state index is 0. The van der Waals surface area contributed by atoms with Gasteiger partial charge in [-0.05, 0) is 18.9 Å². The lowest BCUT2D eigenvalue weighted by Crippen LogP contribution is -2.32. The fourth-order valence-corrected chi connectivity index (χ4v) is 1.30. The molecule has 0 unspecified atom stereocenters. The maximum atomic E-state index is 5.68. The van der Waals surface area contributed by atoms with Crippen LogP contribution in [0, 0.1) is 6.92 Å². The van der Waals surface area contributed by atoms with Gasteiger partial charge in [0.15, 0.2) is 5.96 Å². The summed E-state index contributed by atoms with van der Waals surface area (Å²) in [6.07, 6.45) is 1.06. The van der Waals surface area contributed by atoms with Crippen LogP contribution in [0.5, 0.6) is 0 Å². The summed E-state index contributed by atoms with van der Waals surface area (Å²) < 4.78 is 0. The minimum atomic E-state index is 0. The minimum Gasteiger partial charge on any atom is -0.370 e. The molecule has 1 aromatic carbocycles. The van der Waals surface area contributed by atoms with Crippen LogP contribution in [0.1, 0.15) is 24.5 Å². The molecule has 0 aliphatic carbocycles. The zero-order valence-corrected chi connectivity index (χ0v) is 12.2. The van der Waals surface area contributed by atoms with Gasteiger partial charge < -0.3 is 11.1 Å². The lowest BCUT2D eigenvalue weighted by molar-refractivity contribution is 0.825. The molecule has 0 saturated heterocycles. The summed E-state index contributed by atoms with van der Waals surface area (Å²) >= 11 is 0. The van der Waals surface area contributed by atoms with Gasteiger partial charge in [-0.15, -0.1) is 24.0 Å². The molecule has 3 N–H and O–H groups in total. The van der Waals surface area contributed by atoms with Crippen molar-refractivity contribution in [2.75, 3.05) is 6.54 Å². The Kier molecular flexibility index (Phi) is 7.97. The largest absolute Gasteiger partial charge is 0.370 e. The summed E-state index contributed by atoms with van der Waals surface area (Å²) in [5.41, 5.74) is 8.13. The second-order valence-corrected chi connectivity index (χ2v) is 3.62. The molecule has 0 fully saturated rings. The van der Waals surface area contributed by atoms with E-state index in [9.17, 15) is 0 Å². The van der Waals surface area contributed by atoms with Crippen molar-refractivity contribution < 1.29 is 0 Å². The number of rotatable bonds is 4. The lowest BCUT2D eigenvalue weighted by atomic mass is 10.1. The SMILES string of the molecule is CCCNC(N)=NCc1cccc(C)c1.I. The molecule has 0 aromatic heterocycles.